The van der Waals surface area contributed by atoms with Gasteiger partial charge >= 0.3 is 0 Å². The van der Waals surface area contributed by atoms with E-state index >= 15 is 0 Å². The predicted molar refractivity (Wildman–Crippen MR) is 86.3 cm³/mol. The Kier molecular flexibility index (Phi) is 5.00. The number of furan rings is 2. The van der Waals surface area contributed by atoms with Crippen molar-refractivity contribution in [3.8, 4) is 0 Å². The second kappa shape index (κ2) is 7.35. The molecule has 1 aliphatic heterocycles. The number of nitrogens with zero attached hydrogens (tertiary/aromatic N) is 2. The van der Waals surface area contributed by atoms with E-state index in [-0.39, 0.29) is 17.9 Å². The number of hydrogen-bond acceptors (Lipinski definition) is 5. The largest absolute Gasteiger partial charge is 0.467 e. The van der Waals surface area contributed by atoms with Crippen LogP contribution in [0.2, 0.25) is 0 Å². The zero-order valence-electron chi connectivity index (χ0n) is 13.6. The molecule has 2 aromatic rings. The Morgan fingerprint density at radius 2 is 1.83 bits per heavy atom. The highest BCUT2D eigenvalue weighted by atomic mass is 16.3. The van der Waals surface area contributed by atoms with E-state index in [9.17, 15) is 9.59 Å². The van der Waals surface area contributed by atoms with Gasteiger partial charge in [-0.2, -0.15) is 0 Å². The average Bonchev–Trinajstić information content (AvgIpc) is 3.28. The van der Waals surface area contributed by atoms with E-state index in [1.807, 2.05) is 17.9 Å². The molecule has 2 amide bonds. The van der Waals surface area contributed by atoms with Gasteiger partial charge in [-0.15, -0.1) is 0 Å². The normalized spacial score (nSPS) is 16.8. The number of carbonyl (C=O) groups is 2. The molecule has 1 fully saturated rings. The molecule has 128 valence electrons. The third-order valence-corrected chi connectivity index (χ3v) is 4.11. The first-order valence-electron chi connectivity index (χ1n) is 8.01. The van der Waals surface area contributed by atoms with Crippen LogP contribution in [0.25, 0.3) is 0 Å². The summed E-state index contributed by atoms with van der Waals surface area (Å²) < 4.78 is 10.4. The summed E-state index contributed by atoms with van der Waals surface area (Å²) in [6, 6.07) is 6.85. The van der Waals surface area contributed by atoms with Crippen molar-refractivity contribution in [3.05, 3.63) is 48.3 Å². The van der Waals surface area contributed by atoms with Crippen molar-refractivity contribution in [2.45, 2.75) is 13.0 Å². The summed E-state index contributed by atoms with van der Waals surface area (Å²) in [5, 5.41) is 2.92. The van der Waals surface area contributed by atoms with Gasteiger partial charge in [0.1, 0.15) is 5.76 Å². The lowest BCUT2D eigenvalue weighted by atomic mass is 10.2. The maximum Gasteiger partial charge on any atom is 0.289 e. The fraction of sp³-hybridized carbons (Fsp3) is 0.412. The van der Waals surface area contributed by atoms with E-state index < -0.39 is 0 Å². The van der Waals surface area contributed by atoms with Gasteiger partial charge in [-0.25, -0.2) is 0 Å². The molecule has 3 heterocycles. The van der Waals surface area contributed by atoms with Crippen molar-refractivity contribution in [3.63, 3.8) is 0 Å². The highest BCUT2D eigenvalue weighted by Gasteiger charge is 2.25. The number of hydrogen-bond donors (Lipinski definition) is 1. The molecule has 0 radical (unpaired) electrons. The molecule has 3 rings (SSSR count). The smallest absolute Gasteiger partial charge is 0.289 e. The van der Waals surface area contributed by atoms with Crippen LogP contribution in [0.4, 0.5) is 0 Å². The number of amides is 2. The fourth-order valence-electron chi connectivity index (χ4n) is 2.76. The number of nitrogens with one attached hydrogen (secondary N) is 1. The van der Waals surface area contributed by atoms with Crippen molar-refractivity contribution >= 4 is 11.8 Å². The van der Waals surface area contributed by atoms with E-state index in [0.717, 1.165) is 5.76 Å². The maximum absolute atomic E-state index is 12.2. The molecule has 2 aromatic heterocycles. The van der Waals surface area contributed by atoms with Crippen LogP contribution < -0.4 is 5.32 Å². The lowest BCUT2D eigenvalue weighted by molar-refractivity contribution is -0.123. The van der Waals surface area contributed by atoms with Gasteiger partial charge in [0, 0.05) is 26.2 Å². The van der Waals surface area contributed by atoms with Crippen molar-refractivity contribution in [1.82, 2.24) is 15.1 Å². The lowest BCUT2D eigenvalue weighted by Gasteiger charge is -2.34. The van der Waals surface area contributed by atoms with Crippen molar-refractivity contribution in [2.24, 2.45) is 0 Å². The first-order valence-corrected chi connectivity index (χ1v) is 8.01. The van der Waals surface area contributed by atoms with E-state index in [1.54, 1.807) is 29.4 Å². The first kappa shape index (κ1) is 16.3. The molecule has 1 unspecified atom stereocenters. The Hall–Kier alpha value is -2.54. The summed E-state index contributed by atoms with van der Waals surface area (Å²) in [6.07, 6.45) is 3.08. The molecule has 0 bridgehead atoms. The average molecular weight is 331 g/mol. The van der Waals surface area contributed by atoms with Gasteiger partial charge in [0.05, 0.1) is 25.1 Å². The van der Waals surface area contributed by atoms with Crippen LogP contribution in [0.3, 0.4) is 0 Å². The minimum Gasteiger partial charge on any atom is -0.467 e. The molecule has 7 heteroatoms. The molecule has 24 heavy (non-hydrogen) atoms. The van der Waals surface area contributed by atoms with E-state index in [0.29, 0.717) is 38.5 Å². The Labute approximate surface area is 140 Å². The Bertz CT molecular complexity index is 658. The summed E-state index contributed by atoms with van der Waals surface area (Å²) in [7, 11) is 0. The van der Waals surface area contributed by atoms with Crippen LogP contribution in [-0.4, -0.2) is 54.3 Å². The molecule has 0 saturated carbocycles. The number of carbonyl (C=O) groups excluding carboxylic acids is 2. The van der Waals surface area contributed by atoms with Crippen LogP contribution in [0.15, 0.2) is 45.6 Å². The molecule has 1 saturated heterocycles. The highest BCUT2D eigenvalue weighted by molar-refractivity contribution is 5.91. The number of rotatable bonds is 5. The maximum atomic E-state index is 12.2. The second-order valence-electron chi connectivity index (χ2n) is 5.85. The van der Waals surface area contributed by atoms with Crippen LogP contribution >= 0.6 is 0 Å². The van der Waals surface area contributed by atoms with Crippen LogP contribution in [0, 0.1) is 0 Å². The summed E-state index contributed by atoms with van der Waals surface area (Å²) in [5.41, 5.74) is 0. The molecule has 1 atom stereocenters. The topological polar surface area (TPSA) is 78.9 Å². The van der Waals surface area contributed by atoms with E-state index in [4.69, 9.17) is 8.83 Å². The summed E-state index contributed by atoms with van der Waals surface area (Å²) in [4.78, 5) is 28.1. The van der Waals surface area contributed by atoms with Crippen LogP contribution in [0.5, 0.6) is 0 Å². The molecular weight excluding hydrogens is 310 g/mol. The van der Waals surface area contributed by atoms with Gasteiger partial charge in [-0.05, 0) is 31.2 Å². The predicted octanol–water partition coefficient (Wildman–Crippen LogP) is 1.51. The summed E-state index contributed by atoms with van der Waals surface area (Å²) in [5.74, 6) is 0.936. The monoisotopic (exact) mass is 331 g/mol. The molecule has 0 aliphatic carbocycles. The van der Waals surface area contributed by atoms with Crippen molar-refractivity contribution < 1.29 is 18.4 Å². The third-order valence-electron chi connectivity index (χ3n) is 4.11. The van der Waals surface area contributed by atoms with Crippen molar-refractivity contribution in [1.29, 1.82) is 0 Å². The molecule has 7 nitrogen and oxygen atoms in total. The molecule has 0 spiro atoms. The third kappa shape index (κ3) is 3.86. The molecule has 0 aromatic carbocycles. The van der Waals surface area contributed by atoms with E-state index in [2.05, 4.69) is 5.32 Å². The zero-order valence-corrected chi connectivity index (χ0v) is 13.6. The molecule has 1 aliphatic rings. The van der Waals surface area contributed by atoms with Gasteiger partial charge < -0.3 is 19.1 Å². The van der Waals surface area contributed by atoms with Gasteiger partial charge in [-0.3, -0.25) is 14.5 Å². The zero-order chi connectivity index (χ0) is 16.9. The Morgan fingerprint density at radius 3 is 2.46 bits per heavy atom. The van der Waals surface area contributed by atoms with Crippen LogP contribution in [0.1, 0.15) is 29.3 Å². The Balaban J connectivity index is 1.43. The minimum absolute atomic E-state index is 0.0512. The molecular formula is C17H21N3O4. The lowest BCUT2D eigenvalue weighted by Crippen LogP contribution is -2.51. The van der Waals surface area contributed by atoms with Crippen LogP contribution in [-0.2, 0) is 4.79 Å². The highest BCUT2D eigenvalue weighted by Crippen LogP contribution is 2.12. The minimum atomic E-state index is -0.158. The van der Waals surface area contributed by atoms with Gasteiger partial charge in [-0.1, -0.05) is 0 Å². The SMILES string of the molecule is CC(NC(=O)CN1CCN(C(=O)c2ccco2)CC1)c1ccco1. The van der Waals surface area contributed by atoms with Crippen molar-refractivity contribution in [2.75, 3.05) is 32.7 Å². The second-order valence-corrected chi connectivity index (χ2v) is 5.85. The summed E-state index contributed by atoms with van der Waals surface area (Å²) in [6.45, 7) is 4.69. The first-order chi connectivity index (χ1) is 11.6. The summed E-state index contributed by atoms with van der Waals surface area (Å²) >= 11 is 0. The van der Waals surface area contributed by atoms with Gasteiger partial charge in [0.2, 0.25) is 5.91 Å². The quantitative estimate of drug-likeness (QED) is 0.898. The fourth-order valence-corrected chi connectivity index (χ4v) is 2.76. The molecule has 1 N–H and O–H groups in total. The number of piperazine rings is 1. The standard InChI is InChI=1S/C17H21N3O4/c1-13(14-4-2-10-23-14)18-16(21)12-19-6-8-20(9-7-19)17(22)15-5-3-11-24-15/h2-5,10-11,13H,6-9,12H2,1H3,(H,18,21). The van der Waals surface area contributed by atoms with Gasteiger partial charge in [0.25, 0.3) is 5.91 Å². The van der Waals surface area contributed by atoms with E-state index in [1.165, 1.54) is 6.26 Å². The van der Waals surface area contributed by atoms with Gasteiger partial charge in [0.15, 0.2) is 5.76 Å². The Morgan fingerprint density at radius 1 is 1.12 bits per heavy atom.